The zero-order valence-corrected chi connectivity index (χ0v) is 12.6. The Labute approximate surface area is 115 Å². The number of carbonyl (C=O) groups is 1. The van der Waals surface area contributed by atoms with Crippen LogP contribution in [0.15, 0.2) is 18.2 Å². The minimum atomic E-state index is -0.191. The third kappa shape index (κ3) is 4.93. The SMILES string of the molecule is COC(=O)CCCOc1ccc(C)cc1C(C)(C)C. The molecule has 0 amide bonds. The van der Waals surface area contributed by atoms with Gasteiger partial charge in [0.05, 0.1) is 13.7 Å². The Morgan fingerprint density at radius 1 is 1.26 bits per heavy atom. The summed E-state index contributed by atoms with van der Waals surface area (Å²) >= 11 is 0. The molecule has 1 rings (SSSR count). The summed E-state index contributed by atoms with van der Waals surface area (Å²) < 4.78 is 10.4. The number of hydrogen-bond donors (Lipinski definition) is 0. The molecule has 0 radical (unpaired) electrons. The van der Waals surface area contributed by atoms with Crippen molar-refractivity contribution in [3.05, 3.63) is 29.3 Å². The van der Waals surface area contributed by atoms with Gasteiger partial charge in [-0.05, 0) is 30.4 Å². The second-order valence-electron chi connectivity index (χ2n) is 5.78. The quantitative estimate of drug-likeness (QED) is 0.602. The van der Waals surface area contributed by atoms with Crippen molar-refractivity contribution in [2.75, 3.05) is 13.7 Å². The molecule has 0 heterocycles. The number of carbonyl (C=O) groups excluding carboxylic acids is 1. The molecule has 0 aliphatic rings. The van der Waals surface area contributed by atoms with Crippen molar-refractivity contribution >= 4 is 5.97 Å². The Hall–Kier alpha value is -1.51. The Morgan fingerprint density at radius 3 is 2.53 bits per heavy atom. The first-order chi connectivity index (χ1) is 8.84. The van der Waals surface area contributed by atoms with Crippen molar-refractivity contribution in [2.24, 2.45) is 0 Å². The van der Waals surface area contributed by atoms with Gasteiger partial charge in [-0.25, -0.2) is 0 Å². The van der Waals surface area contributed by atoms with Crippen LogP contribution in [0.1, 0.15) is 44.7 Å². The fraction of sp³-hybridized carbons (Fsp3) is 0.562. The normalized spacial score (nSPS) is 11.2. The standard InChI is InChI=1S/C16H24O3/c1-12-8-9-14(13(11-12)16(2,3)4)19-10-6-7-15(17)18-5/h8-9,11H,6-7,10H2,1-5H3. The molecule has 0 N–H and O–H groups in total. The molecule has 0 atom stereocenters. The lowest BCUT2D eigenvalue weighted by molar-refractivity contribution is -0.140. The molecule has 1 aromatic carbocycles. The molecule has 0 aliphatic carbocycles. The summed E-state index contributed by atoms with van der Waals surface area (Å²) in [5, 5.41) is 0. The van der Waals surface area contributed by atoms with Crippen LogP contribution in [-0.4, -0.2) is 19.7 Å². The Balaban J connectivity index is 2.66. The van der Waals surface area contributed by atoms with Crippen LogP contribution in [0.2, 0.25) is 0 Å². The first-order valence-corrected chi connectivity index (χ1v) is 6.65. The third-order valence-corrected chi connectivity index (χ3v) is 2.95. The second-order valence-corrected chi connectivity index (χ2v) is 5.78. The highest BCUT2D eigenvalue weighted by atomic mass is 16.5. The van der Waals surface area contributed by atoms with E-state index in [1.54, 1.807) is 0 Å². The van der Waals surface area contributed by atoms with Gasteiger partial charge in [-0.3, -0.25) is 4.79 Å². The zero-order valence-electron chi connectivity index (χ0n) is 12.6. The van der Waals surface area contributed by atoms with Gasteiger partial charge in [-0.1, -0.05) is 38.5 Å². The van der Waals surface area contributed by atoms with Crippen LogP contribution in [0, 0.1) is 6.92 Å². The van der Waals surface area contributed by atoms with Crippen molar-refractivity contribution in [2.45, 2.75) is 46.0 Å². The van der Waals surface area contributed by atoms with Gasteiger partial charge in [-0.2, -0.15) is 0 Å². The van der Waals surface area contributed by atoms with Gasteiger partial charge in [0.2, 0.25) is 0 Å². The van der Waals surface area contributed by atoms with Crippen LogP contribution in [0.25, 0.3) is 0 Å². The van der Waals surface area contributed by atoms with Crippen LogP contribution in [0.4, 0.5) is 0 Å². The van der Waals surface area contributed by atoms with Gasteiger partial charge in [0.25, 0.3) is 0 Å². The molecule has 0 aromatic heterocycles. The van der Waals surface area contributed by atoms with Crippen LogP contribution < -0.4 is 4.74 Å². The summed E-state index contributed by atoms with van der Waals surface area (Å²) in [6.45, 7) is 9.12. The average molecular weight is 264 g/mol. The predicted molar refractivity (Wildman–Crippen MR) is 76.6 cm³/mol. The number of methoxy groups -OCH3 is 1. The Bertz CT molecular complexity index is 430. The van der Waals surface area contributed by atoms with Crippen molar-refractivity contribution in [3.63, 3.8) is 0 Å². The van der Waals surface area contributed by atoms with Gasteiger partial charge in [0, 0.05) is 6.42 Å². The third-order valence-electron chi connectivity index (χ3n) is 2.95. The van der Waals surface area contributed by atoms with E-state index in [9.17, 15) is 4.79 Å². The van der Waals surface area contributed by atoms with E-state index < -0.39 is 0 Å². The molecule has 106 valence electrons. The first kappa shape index (κ1) is 15.5. The average Bonchev–Trinajstić information content (AvgIpc) is 2.34. The summed E-state index contributed by atoms with van der Waals surface area (Å²) in [7, 11) is 1.40. The molecular formula is C16H24O3. The highest BCUT2D eigenvalue weighted by Crippen LogP contribution is 2.32. The minimum Gasteiger partial charge on any atom is -0.493 e. The van der Waals surface area contributed by atoms with Crippen molar-refractivity contribution in [1.29, 1.82) is 0 Å². The summed E-state index contributed by atoms with van der Waals surface area (Å²) in [5.74, 6) is 0.714. The maximum absolute atomic E-state index is 11.0. The van der Waals surface area contributed by atoms with Crippen molar-refractivity contribution in [3.8, 4) is 5.75 Å². The zero-order chi connectivity index (χ0) is 14.5. The number of rotatable bonds is 5. The van der Waals surface area contributed by atoms with E-state index in [1.165, 1.54) is 18.2 Å². The number of benzene rings is 1. The Morgan fingerprint density at radius 2 is 1.95 bits per heavy atom. The lowest BCUT2D eigenvalue weighted by Crippen LogP contribution is -2.14. The number of hydrogen-bond acceptors (Lipinski definition) is 3. The van der Waals surface area contributed by atoms with Gasteiger partial charge in [0.1, 0.15) is 5.75 Å². The summed E-state index contributed by atoms with van der Waals surface area (Å²) in [5.41, 5.74) is 2.47. The predicted octanol–water partition coefficient (Wildman–Crippen LogP) is 3.62. The highest BCUT2D eigenvalue weighted by Gasteiger charge is 2.19. The largest absolute Gasteiger partial charge is 0.493 e. The number of ether oxygens (including phenoxy) is 2. The molecule has 19 heavy (non-hydrogen) atoms. The second kappa shape index (κ2) is 6.60. The fourth-order valence-electron chi connectivity index (χ4n) is 1.86. The maximum Gasteiger partial charge on any atom is 0.305 e. The van der Waals surface area contributed by atoms with Crippen LogP contribution in [-0.2, 0) is 14.9 Å². The van der Waals surface area contributed by atoms with E-state index in [-0.39, 0.29) is 11.4 Å². The molecule has 0 unspecified atom stereocenters. The van der Waals surface area contributed by atoms with E-state index in [0.717, 1.165) is 5.75 Å². The smallest absolute Gasteiger partial charge is 0.305 e. The molecule has 0 fully saturated rings. The van der Waals surface area contributed by atoms with E-state index in [2.05, 4.69) is 38.5 Å². The number of esters is 1. The van der Waals surface area contributed by atoms with Gasteiger partial charge in [-0.15, -0.1) is 0 Å². The molecular weight excluding hydrogens is 240 g/mol. The van der Waals surface area contributed by atoms with Crippen LogP contribution >= 0.6 is 0 Å². The van der Waals surface area contributed by atoms with E-state index in [4.69, 9.17) is 4.74 Å². The summed E-state index contributed by atoms with van der Waals surface area (Å²) in [4.78, 5) is 11.0. The highest BCUT2D eigenvalue weighted by molar-refractivity contribution is 5.69. The Kier molecular flexibility index (Phi) is 5.40. The molecule has 0 bridgehead atoms. The minimum absolute atomic E-state index is 0.0453. The van der Waals surface area contributed by atoms with E-state index in [1.807, 2.05) is 12.1 Å². The lowest BCUT2D eigenvalue weighted by Gasteiger charge is -2.23. The number of aryl methyl sites for hydroxylation is 1. The lowest BCUT2D eigenvalue weighted by atomic mass is 9.85. The van der Waals surface area contributed by atoms with E-state index >= 15 is 0 Å². The topological polar surface area (TPSA) is 35.5 Å². The molecule has 0 saturated carbocycles. The van der Waals surface area contributed by atoms with Gasteiger partial charge in [0.15, 0.2) is 0 Å². The van der Waals surface area contributed by atoms with Gasteiger partial charge >= 0.3 is 5.97 Å². The van der Waals surface area contributed by atoms with Crippen LogP contribution in [0.3, 0.4) is 0 Å². The summed E-state index contributed by atoms with van der Waals surface area (Å²) in [6.07, 6.45) is 1.07. The molecule has 3 nitrogen and oxygen atoms in total. The van der Waals surface area contributed by atoms with E-state index in [0.29, 0.717) is 19.4 Å². The molecule has 0 spiro atoms. The monoisotopic (exact) mass is 264 g/mol. The molecule has 0 saturated heterocycles. The molecule has 3 heteroatoms. The van der Waals surface area contributed by atoms with Crippen LogP contribution in [0.5, 0.6) is 5.75 Å². The molecule has 0 aliphatic heterocycles. The fourth-order valence-corrected chi connectivity index (χ4v) is 1.86. The van der Waals surface area contributed by atoms with Crippen molar-refractivity contribution < 1.29 is 14.3 Å². The van der Waals surface area contributed by atoms with Crippen molar-refractivity contribution in [1.82, 2.24) is 0 Å². The molecule has 1 aromatic rings. The summed E-state index contributed by atoms with van der Waals surface area (Å²) in [6, 6.07) is 6.22. The maximum atomic E-state index is 11.0. The van der Waals surface area contributed by atoms with Gasteiger partial charge < -0.3 is 9.47 Å². The first-order valence-electron chi connectivity index (χ1n) is 6.65.